The Morgan fingerprint density at radius 1 is 1.30 bits per heavy atom. The average molecular weight is 445 g/mol. The summed E-state index contributed by atoms with van der Waals surface area (Å²) in [5.74, 6) is 1.41. The van der Waals surface area contributed by atoms with Crippen molar-refractivity contribution >= 4 is 39.5 Å². The van der Waals surface area contributed by atoms with Gasteiger partial charge in [0.25, 0.3) is 5.91 Å². The number of ether oxygens (including phenoxy) is 1. The van der Waals surface area contributed by atoms with Gasteiger partial charge in [-0.2, -0.15) is 5.26 Å². The van der Waals surface area contributed by atoms with Crippen molar-refractivity contribution in [2.24, 2.45) is 5.92 Å². The molecule has 0 spiro atoms. The molecule has 0 saturated carbocycles. The maximum absolute atomic E-state index is 12.3. The lowest BCUT2D eigenvalue weighted by molar-refractivity contribution is -0.119. The molecule has 4 aromatic heterocycles. The molecule has 1 aliphatic heterocycles. The number of carbonyl (C=O) groups is 1. The second-order valence-electron chi connectivity index (χ2n) is 8.21. The molecule has 4 aromatic rings. The molecule has 2 atom stereocenters. The van der Waals surface area contributed by atoms with E-state index in [4.69, 9.17) is 10.00 Å². The minimum Gasteiger partial charge on any atom is -0.375 e. The molecule has 5 rings (SSSR count). The third-order valence-corrected chi connectivity index (χ3v) is 6.13. The second kappa shape index (κ2) is 8.48. The maximum Gasteiger partial charge on any atom is 0.251 e. The van der Waals surface area contributed by atoms with Crippen molar-refractivity contribution in [3.05, 3.63) is 36.3 Å². The van der Waals surface area contributed by atoms with Crippen LogP contribution in [0.5, 0.6) is 0 Å². The van der Waals surface area contributed by atoms with Crippen molar-refractivity contribution in [1.29, 1.82) is 5.26 Å². The molecule has 0 aromatic carbocycles. The number of fused-ring (bicyclic) bond motifs is 3. The van der Waals surface area contributed by atoms with Crippen LogP contribution in [0.1, 0.15) is 25.1 Å². The molecule has 1 amide bonds. The van der Waals surface area contributed by atoms with Gasteiger partial charge >= 0.3 is 0 Å². The Balaban J connectivity index is 1.57. The Kier molecular flexibility index (Phi) is 5.35. The molecule has 1 fully saturated rings. The van der Waals surface area contributed by atoms with Gasteiger partial charge in [-0.15, -0.1) is 10.2 Å². The first-order valence-corrected chi connectivity index (χ1v) is 10.7. The average Bonchev–Trinajstić information content (AvgIpc) is 3.44. The number of aromatic amines is 1. The van der Waals surface area contributed by atoms with Crippen molar-refractivity contribution in [2.75, 3.05) is 37.0 Å². The predicted molar refractivity (Wildman–Crippen MR) is 122 cm³/mol. The molecular formula is C22H23N9O2. The highest BCUT2D eigenvalue weighted by Gasteiger charge is 2.31. The van der Waals surface area contributed by atoms with E-state index in [-0.39, 0.29) is 18.6 Å². The number of nitrogens with zero attached hydrogens (tertiary/aromatic N) is 7. The number of methoxy groups -OCH3 is 1. The van der Waals surface area contributed by atoms with E-state index in [1.807, 2.05) is 18.2 Å². The predicted octanol–water partition coefficient (Wildman–Crippen LogP) is 2.25. The van der Waals surface area contributed by atoms with E-state index < -0.39 is 0 Å². The highest BCUT2D eigenvalue weighted by Crippen LogP contribution is 2.36. The van der Waals surface area contributed by atoms with Gasteiger partial charge in [0.2, 0.25) is 0 Å². The first-order chi connectivity index (χ1) is 16.1. The van der Waals surface area contributed by atoms with Gasteiger partial charge in [-0.05, 0) is 30.5 Å². The standard InChI is InChI=1S/C22H23N9O2/c1-13-6-8-30(18-4-3-14(9-23)27-28-18)11-17(13)31-20-15-5-7-24-21(15)25-10-16(20)22(29-31)26-19(32)12-33-2/h3-5,7,10,13,17,29H,6,8,11-12H2,1-2H3,(H,26,32)/t13-,17+/m1/s1. The molecule has 0 bridgehead atoms. The Hall–Kier alpha value is -4.04. The van der Waals surface area contributed by atoms with Crippen molar-refractivity contribution in [3.63, 3.8) is 0 Å². The van der Waals surface area contributed by atoms with Crippen LogP contribution in [0.15, 0.2) is 30.6 Å². The van der Waals surface area contributed by atoms with Crippen molar-refractivity contribution in [2.45, 2.75) is 19.4 Å². The van der Waals surface area contributed by atoms with Gasteiger partial charge in [-0.25, -0.2) is 9.97 Å². The van der Waals surface area contributed by atoms with Crippen LogP contribution in [-0.2, 0) is 9.53 Å². The molecule has 33 heavy (non-hydrogen) atoms. The van der Waals surface area contributed by atoms with E-state index in [9.17, 15) is 4.79 Å². The molecule has 11 heteroatoms. The third kappa shape index (κ3) is 3.74. The first kappa shape index (κ1) is 20.8. The molecule has 5 heterocycles. The number of carbonyl (C=O) groups excluding carboxylic acids is 1. The molecular weight excluding hydrogens is 422 g/mol. The highest BCUT2D eigenvalue weighted by molar-refractivity contribution is 6.09. The Morgan fingerprint density at radius 3 is 2.94 bits per heavy atom. The number of anilines is 2. The monoisotopic (exact) mass is 445 g/mol. The van der Waals surface area contributed by atoms with E-state index in [0.29, 0.717) is 29.6 Å². The maximum atomic E-state index is 12.3. The fraction of sp³-hybridized carbons (Fsp3) is 0.364. The second-order valence-corrected chi connectivity index (χ2v) is 8.21. The number of hydrogen-bond donors (Lipinski definition) is 2. The Labute approximate surface area is 189 Å². The number of aromatic nitrogens is 6. The van der Waals surface area contributed by atoms with Crippen LogP contribution in [0, 0.1) is 17.2 Å². The van der Waals surface area contributed by atoms with Crippen LogP contribution in [-0.4, -0.2) is 62.7 Å². The van der Waals surface area contributed by atoms with Gasteiger partial charge in [0.1, 0.15) is 18.5 Å². The first-order valence-electron chi connectivity index (χ1n) is 10.7. The molecule has 0 unspecified atom stereocenters. The molecule has 11 nitrogen and oxygen atoms in total. The summed E-state index contributed by atoms with van der Waals surface area (Å²) in [4.78, 5) is 23.2. The number of H-pyrrole nitrogens is 1. The number of rotatable bonds is 5. The zero-order valence-electron chi connectivity index (χ0n) is 18.3. The summed E-state index contributed by atoms with van der Waals surface area (Å²) in [5.41, 5.74) is 1.89. The zero-order valence-corrected chi connectivity index (χ0v) is 18.3. The van der Waals surface area contributed by atoms with E-state index in [1.165, 1.54) is 7.11 Å². The largest absolute Gasteiger partial charge is 0.375 e. The summed E-state index contributed by atoms with van der Waals surface area (Å²) in [6, 6.07) is 7.51. The van der Waals surface area contributed by atoms with Gasteiger partial charge < -0.3 is 15.0 Å². The normalized spacial score (nSPS) is 18.5. The lowest BCUT2D eigenvalue weighted by Gasteiger charge is -2.38. The number of nitriles is 1. The lowest BCUT2D eigenvalue weighted by atomic mass is 9.93. The molecule has 1 aliphatic rings. The van der Waals surface area contributed by atoms with Gasteiger partial charge in [0.15, 0.2) is 17.2 Å². The van der Waals surface area contributed by atoms with Crippen LogP contribution in [0.3, 0.4) is 0 Å². The van der Waals surface area contributed by atoms with E-state index in [0.717, 1.165) is 35.1 Å². The van der Waals surface area contributed by atoms with E-state index >= 15 is 0 Å². The third-order valence-electron chi connectivity index (χ3n) is 6.13. The number of piperidine rings is 1. The molecule has 0 radical (unpaired) electrons. The van der Waals surface area contributed by atoms with Crippen molar-refractivity contribution in [3.8, 4) is 6.07 Å². The van der Waals surface area contributed by atoms with Crippen molar-refractivity contribution in [1.82, 2.24) is 29.9 Å². The quantitative estimate of drug-likeness (QED) is 0.477. The Morgan fingerprint density at radius 2 is 2.18 bits per heavy atom. The van der Waals surface area contributed by atoms with Crippen LogP contribution >= 0.6 is 0 Å². The molecule has 2 N–H and O–H groups in total. The molecule has 1 saturated heterocycles. The van der Waals surface area contributed by atoms with Crippen LogP contribution in [0.4, 0.5) is 11.6 Å². The topological polar surface area (TPSA) is 138 Å². The van der Waals surface area contributed by atoms with E-state index in [2.05, 4.69) is 47.1 Å². The fourth-order valence-electron chi connectivity index (χ4n) is 4.42. The van der Waals surface area contributed by atoms with Crippen LogP contribution < -0.4 is 10.2 Å². The minimum absolute atomic E-state index is 0.0426. The van der Waals surface area contributed by atoms with E-state index in [1.54, 1.807) is 18.5 Å². The SMILES string of the molecule is COCC(=O)Nc1[nH]n([C@H]2CN(c3ccc(C#N)nn3)CC[C@H]2C)c2c1cnc1nccc12. The van der Waals surface area contributed by atoms with Crippen LogP contribution in [0.25, 0.3) is 21.9 Å². The number of pyridine rings is 1. The number of nitrogens with one attached hydrogen (secondary N) is 2. The summed E-state index contributed by atoms with van der Waals surface area (Å²) in [6.45, 7) is 3.70. The highest BCUT2D eigenvalue weighted by atomic mass is 16.5. The number of amides is 1. The molecule has 168 valence electrons. The molecule has 0 aliphatic carbocycles. The number of hydrogen-bond acceptors (Lipinski definition) is 8. The zero-order chi connectivity index (χ0) is 22.9. The summed E-state index contributed by atoms with van der Waals surface area (Å²) in [5, 5.41) is 25.3. The van der Waals surface area contributed by atoms with Gasteiger partial charge in [0, 0.05) is 38.0 Å². The van der Waals surface area contributed by atoms with Gasteiger partial charge in [-0.3, -0.25) is 14.6 Å². The summed E-state index contributed by atoms with van der Waals surface area (Å²) in [7, 11) is 1.48. The summed E-state index contributed by atoms with van der Waals surface area (Å²) >= 11 is 0. The summed E-state index contributed by atoms with van der Waals surface area (Å²) < 4.78 is 7.08. The fourth-order valence-corrected chi connectivity index (χ4v) is 4.42. The van der Waals surface area contributed by atoms with Gasteiger partial charge in [-0.1, -0.05) is 6.92 Å². The van der Waals surface area contributed by atoms with Crippen molar-refractivity contribution < 1.29 is 9.53 Å². The van der Waals surface area contributed by atoms with Crippen LogP contribution in [0.2, 0.25) is 0 Å². The lowest BCUT2D eigenvalue weighted by Crippen LogP contribution is -2.41. The van der Waals surface area contributed by atoms with Gasteiger partial charge in [0.05, 0.1) is 16.9 Å². The summed E-state index contributed by atoms with van der Waals surface area (Å²) in [6.07, 6.45) is 4.41. The minimum atomic E-state index is -0.250. The Bertz CT molecular complexity index is 1350. The smallest absolute Gasteiger partial charge is 0.251 e.